The third kappa shape index (κ3) is 4.07. The van der Waals surface area contributed by atoms with Crippen LogP contribution >= 0.6 is 0 Å². The lowest BCUT2D eigenvalue weighted by molar-refractivity contribution is -0.145. The maximum Gasteiger partial charge on any atom is 0.344 e. The van der Waals surface area contributed by atoms with Gasteiger partial charge in [-0.2, -0.15) is 0 Å². The monoisotopic (exact) mass is 237 g/mol. The first-order chi connectivity index (χ1) is 8.19. The third-order valence-corrected chi connectivity index (χ3v) is 2.41. The highest BCUT2D eigenvalue weighted by Crippen LogP contribution is 2.25. The maximum atomic E-state index is 11.2. The SMILES string of the molecule is CCOC(=O)COc1ccccc1[C@H](N)CC. The molecule has 1 aromatic carbocycles. The Labute approximate surface area is 102 Å². The molecule has 0 saturated carbocycles. The summed E-state index contributed by atoms with van der Waals surface area (Å²) in [5.74, 6) is 0.280. The van der Waals surface area contributed by atoms with Crippen molar-refractivity contribution in [2.75, 3.05) is 13.2 Å². The van der Waals surface area contributed by atoms with E-state index in [2.05, 4.69) is 0 Å². The molecule has 0 saturated heterocycles. The molecule has 0 aliphatic rings. The number of carbonyl (C=O) groups is 1. The van der Waals surface area contributed by atoms with Crippen LogP contribution in [0.15, 0.2) is 24.3 Å². The van der Waals surface area contributed by atoms with Crippen LogP contribution in [-0.2, 0) is 9.53 Å². The second-order valence-electron chi connectivity index (χ2n) is 3.65. The zero-order valence-corrected chi connectivity index (χ0v) is 10.3. The maximum absolute atomic E-state index is 11.2. The van der Waals surface area contributed by atoms with Gasteiger partial charge in [0.15, 0.2) is 6.61 Å². The number of carbonyl (C=O) groups excluding carboxylic acids is 1. The first kappa shape index (κ1) is 13.5. The van der Waals surface area contributed by atoms with Crippen LogP contribution in [0.25, 0.3) is 0 Å². The van der Waals surface area contributed by atoms with Crippen molar-refractivity contribution < 1.29 is 14.3 Å². The van der Waals surface area contributed by atoms with Gasteiger partial charge in [-0.25, -0.2) is 4.79 Å². The molecule has 4 heteroatoms. The highest BCUT2D eigenvalue weighted by molar-refractivity contribution is 5.71. The zero-order chi connectivity index (χ0) is 12.7. The largest absolute Gasteiger partial charge is 0.482 e. The second kappa shape index (κ2) is 6.91. The Morgan fingerprint density at radius 1 is 1.35 bits per heavy atom. The van der Waals surface area contributed by atoms with E-state index >= 15 is 0 Å². The molecule has 0 heterocycles. The van der Waals surface area contributed by atoms with Crippen molar-refractivity contribution >= 4 is 5.97 Å². The Balaban J connectivity index is 2.67. The van der Waals surface area contributed by atoms with Crippen LogP contribution in [0, 0.1) is 0 Å². The molecule has 4 nitrogen and oxygen atoms in total. The summed E-state index contributed by atoms with van der Waals surface area (Å²) in [6.45, 7) is 4.05. The van der Waals surface area contributed by atoms with Gasteiger partial charge in [0.2, 0.25) is 0 Å². The van der Waals surface area contributed by atoms with E-state index < -0.39 is 0 Å². The molecule has 0 amide bonds. The van der Waals surface area contributed by atoms with Crippen LogP contribution < -0.4 is 10.5 Å². The summed E-state index contributed by atoms with van der Waals surface area (Å²) < 4.78 is 10.2. The zero-order valence-electron chi connectivity index (χ0n) is 10.3. The number of esters is 1. The number of nitrogens with two attached hydrogens (primary N) is 1. The van der Waals surface area contributed by atoms with Crippen LogP contribution in [0.3, 0.4) is 0 Å². The smallest absolute Gasteiger partial charge is 0.344 e. The highest BCUT2D eigenvalue weighted by Gasteiger charge is 2.11. The number of hydrogen-bond donors (Lipinski definition) is 1. The molecule has 94 valence electrons. The fourth-order valence-corrected chi connectivity index (χ4v) is 1.48. The van der Waals surface area contributed by atoms with Crippen molar-refractivity contribution in [3.8, 4) is 5.75 Å². The fourth-order valence-electron chi connectivity index (χ4n) is 1.48. The lowest BCUT2D eigenvalue weighted by atomic mass is 10.0. The van der Waals surface area contributed by atoms with E-state index in [1.165, 1.54) is 0 Å². The molecule has 0 bridgehead atoms. The van der Waals surface area contributed by atoms with E-state index in [4.69, 9.17) is 15.2 Å². The van der Waals surface area contributed by atoms with Crippen molar-refractivity contribution in [2.45, 2.75) is 26.3 Å². The van der Waals surface area contributed by atoms with E-state index in [0.717, 1.165) is 12.0 Å². The molecule has 0 unspecified atom stereocenters. The minimum absolute atomic E-state index is 0.0756. The van der Waals surface area contributed by atoms with Crippen molar-refractivity contribution in [1.29, 1.82) is 0 Å². The van der Waals surface area contributed by atoms with E-state index in [0.29, 0.717) is 12.4 Å². The Bertz CT molecular complexity index is 365. The normalized spacial score (nSPS) is 11.9. The lowest BCUT2D eigenvalue weighted by Crippen LogP contribution is -2.17. The molecule has 0 aliphatic heterocycles. The summed E-state index contributed by atoms with van der Waals surface area (Å²) >= 11 is 0. The summed E-state index contributed by atoms with van der Waals surface area (Å²) in [4.78, 5) is 11.2. The average Bonchev–Trinajstić information content (AvgIpc) is 2.36. The Kier molecular flexibility index (Phi) is 5.49. The standard InChI is InChI=1S/C13H19NO3/c1-3-11(14)10-7-5-6-8-12(10)17-9-13(15)16-4-2/h5-8,11H,3-4,9,14H2,1-2H3/t11-/m1/s1. The van der Waals surface area contributed by atoms with Crippen LogP contribution in [0.1, 0.15) is 31.9 Å². The van der Waals surface area contributed by atoms with Crippen molar-refractivity contribution in [3.63, 3.8) is 0 Å². The molecule has 0 aromatic heterocycles. The van der Waals surface area contributed by atoms with Gasteiger partial charge in [0.25, 0.3) is 0 Å². The van der Waals surface area contributed by atoms with Gasteiger partial charge >= 0.3 is 5.97 Å². The molecule has 0 fully saturated rings. The van der Waals surface area contributed by atoms with Crippen LogP contribution in [0.4, 0.5) is 0 Å². The minimum Gasteiger partial charge on any atom is -0.482 e. The van der Waals surface area contributed by atoms with E-state index in [-0.39, 0.29) is 18.6 Å². The van der Waals surface area contributed by atoms with Gasteiger partial charge < -0.3 is 15.2 Å². The summed E-state index contributed by atoms with van der Waals surface area (Å²) in [5, 5.41) is 0. The molecule has 17 heavy (non-hydrogen) atoms. The van der Waals surface area contributed by atoms with Gasteiger partial charge in [-0.1, -0.05) is 25.1 Å². The second-order valence-corrected chi connectivity index (χ2v) is 3.65. The van der Waals surface area contributed by atoms with Crippen LogP contribution in [-0.4, -0.2) is 19.2 Å². The predicted octanol–water partition coefficient (Wildman–Crippen LogP) is 2.04. The number of ether oxygens (including phenoxy) is 2. The molecule has 1 atom stereocenters. The first-order valence-corrected chi connectivity index (χ1v) is 5.82. The molecule has 1 aromatic rings. The molecule has 2 N–H and O–H groups in total. The molecule has 0 spiro atoms. The van der Waals surface area contributed by atoms with Crippen molar-refractivity contribution in [3.05, 3.63) is 29.8 Å². The van der Waals surface area contributed by atoms with Gasteiger partial charge in [0, 0.05) is 11.6 Å². The number of hydrogen-bond acceptors (Lipinski definition) is 4. The molecule has 0 radical (unpaired) electrons. The fraction of sp³-hybridized carbons (Fsp3) is 0.462. The lowest BCUT2D eigenvalue weighted by Gasteiger charge is -2.15. The van der Waals surface area contributed by atoms with Gasteiger partial charge in [-0.15, -0.1) is 0 Å². The number of rotatable bonds is 6. The van der Waals surface area contributed by atoms with Gasteiger partial charge in [0.1, 0.15) is 5.75 Å². The average molecular weight is 237 g/mol. The summed E-state index contributed by atoms with van der Waals surface area (Å²) in [7, 11) is 0. The molecular weight excluding hydrogens is 218 g/mol. The Hall–Kier alpha value is -1.55. The Morgan fingerprint density at radius 3 is 2.71 bits per heavy atom. The van der Waals surface area contributed by atoms with E-state index in [1.54, 1.807) is 6.92 Å². The van der Waals surface area contributed by atoms with Gasteiger partial charge in [0.05, 0.1) is 6.61 Å². The predicted molar refractivity (Wildman–Crippen MR) is 65.8 cm³/mol. The van der Waals surface area contributed by atoms with Crippen LogP contribution in [0.5, 0.6) is 5.75 Å². The van der Waals surface area contributed by atoms with Crippen molar-refractivity contribution in [1.82, 2.24) is 0 Å². The van der Waals surface area contributed by atoms with E-state index in [1.807, 2.05) is 31.2 Å². The number of benzene rings is 1. The molecular formula is C13H19NO3. The highest BCUT2D eigenvalue weighted by atomic mass is 16.6. The number of para-hydroxylation sites is 1. The molecule has 0 aliphatic carbocycles. The summed E-state index contributed by atoms with van der Waals surface area (Å²) in [6.07, 6.45) is 0.819. The quantitative estimate of drug-likeness (QED) is 0.769. The van der Waals surface area contributed by atoms with Gasteiger partial charge in [-0.3, -0.25) is 0 Å². The van der Waals surface area contributed by atoms with Crippen LogP contribution in [0.2, 0.25) is 0 Å². The molecule has 1 rings (SSSR count). The summed E-state index contributed by atoms with van der Waals surface area (Å²) in [5.41, 5.74) is 6.88. The Morgan fingerprint density at radius 2 is 2.06 bits per heavy atom. The topological polar surface area (TPSA) is 61.5 Å². The van der Waals surface area contributed by atoms with Gasteiger partial charge in [-0.05, 0) is 19.4 Å². The third-order valence-electron chi connectivity index (χ3n) is 2.41. The van der Waals surface area contributed by atoms with Crippen molar-refractivity contribution in [2.24, 2.45) is 5.73 Å². The minimum atomic E-state index is -0.368. The van der Waals surface area contributed by atoms with E-state index in [9.17, 15) is 4.79 Å². The summed E-state index contributed by atoms with van der Waals surface area (Å²) in [6, 6.07) is 7.40. The first-order valence-electron chi connectivity index (χ1n) is 5.82.